The summed E-state index contributed by atoms with van der Waals surface area (Å²) in [4.78, 5) is 0. The van der Waals surface area contributed by atoms with E-state index < -0.39 is 11.9 Å². The molecular formula is C13H9BrClFO. The number of halogens is 3. The zero-order chi connectivity index (χ0) is 12.4. The Labute approximate surface area is 112 Å². The van der Waals surface area contributed by atoms with E-state index >= 15 is 0 Å². The second-order valence-electron chi connectivity index (χ2n) is 3.62. The maximum Gasteiger partial charge on any atom is 0.130 e. The Kier molecular flexibility index (Phi) is 3.82. The zero-order valence-electron chi connectivity index (χ0n) is 8.70. The van der Waals surface area contributed by atoms with Crippen LogP contribution in [0, 0.1) is 5.82 Å². The summed E-state index contributed by atoms with van der Waals surface area (Å²) < 4.78 is 14.5. The molecule has 0 saturated carbocycles. The highest BCUT2D eigenvalue weighted by Crippen LogP contribution is 2.27. The molecule has 88 valence electrons. The van der Waals surface area contributed by atoms with Crippen LogP contribution in [0.4, 0.5) is 4.39 Å². The summed E-state index contributed by atoms with van der Waals surface area (Å²) in [6.07, 6.45) is -0.996. The second kappa shape index (κ2) is 5.17. The Balaban J connectivity index is 2.40. The molecule has 1 unspecified atom stereocenters. The number of hydrogen-bond acceptors (Lipinski definition) is 1. The molecule has 0 fully saturated rings. The van der Waals surface area contributed by atoms with E-state index in [4.69, 9.17) is 11.6 Å². The smallest absolute Gasteiger partial charge is 0.130 e. The van der Waals surface area contributed by atoms with Crippen molar-refractivity contribution >= 4 is 27.5 Å². The molecule has 1 nitrogen and oxygen atoms in total. The molecule has 17 heavy (non-hydrogen) atoms. The number of rotatable bonds is 2. The van der Waals surface area contributed by atoms with Crippen LogP contribution >= 0.6 is 27.5 Å². The van der Waals surface area contributed by atoms with Gasteiger partial charge in [-0.15, -0.1) is 0 Å². The van der Waals surface area contributed by atoms with Crippen LogP contribution in [0.5, 0.6) is 0 Å². The molecule has 0 aromatic heterocycles. The van der Waals surface area contributed by atoms with E-state index in [1.165, 1.54) is 12.1 Å². The largest absolute Gasteiger partial charge is 0.384 e. The van der Waals surface area contributed by atoms with Gasteiger partial charge in [0.25, 0.3) is 0 Å². The first-order valence-corrected chi connectivity index (χ1v) is 6.13. The summed E-state index contributed by atoms with van der Waals surface area (Å²) in [5.41, 5.74) is 0.841. The third kappa shape index (κ3) is 2.86. The molecule has 0 aliphatic carbocycles. The van der Waals surface area contributed by atoms with Crippen molar-refractivity contribution in [1.82, 2.24) is 0 Å². The molecule has 2 aromatic carbocycles. The molecule has 2 aromatic rings. The van der Waals surface area contributed by atoms with E-state index in [9.17, 15) is 9.50 Å². The molecule has 0 amide bonds. The Morgan fingerprint density at radius 3 is 2.59 bits per heavy atom. The highest BCUT2D eigenvalue weighted by molar-refractivity contribution is 9.10. The van der Waals surface area contributed by atoms with Crippen molar-refractivity contribution in [2.24, 2.45) is 0 Å². The van der Waals surface area contributed by atoms with E-state index in [2.05, 4.69) is 15.9 Å². The first-order valence-electron chi connectivity index (χ1n) is 4.96. The average Bonchev–Trinajstić information content (AvgIpc) is 2.28. The third-order valence-electron chi connectivity index (χ3n) is 2.42. The monoisotopic (exact) mass is 314 g/mol. The highest BCUT2D eigenvalue weighted by atomic mass is 79.9. The fourth-order valence-electron chi connectivity index (χ4n) is 1.58. The van der Waals surface area contributed by atoms with E-state index in [1.54, 1.807) is 24.3 Å². The second-order valence-corrected chi connectivity index (χ2v) is 4.98. The minimum Gasteiger partial charge on any atom is -0.384 e. The van der Waals surface area contributed by atoms with Crippen LogP contribution in [0.3, 0.4) is 0 Å². The molecule has 1 atom stereocenters. The SMILES string of the molecule is OC(c1cccc(Br)c1)c1ccc(Cl)cc1F. The molecule has 0 aliphatic rings. The molecule has 4 heteroatoms. The standard InChI is InChI=1S/C13H9BrClFO/c14-9-3-1-2-8(6-9)13(17)11-5-4-10(15)7-12(11)16/h1-7,13,17H. The molecule has 0 spiro atoms. The molecule has 0 aliphatic heterocycles. The van der Waals surface area contributed by atoms with Crippen LogP contribution in [-0.4, -0.2) is 5.11 Å². The maximum atomic E-state index is 13.6. The predicted octanol–water partition coefficient (Wildman–Crippen LogP) is 4.32. The number of benzene rings is 2. The van der Waals surface area contributed by atoms with E-state index in [1.807, 2.05) is 6.07 Å². The van der Waals surface area contributed by atoms with Crippen molar-refractivity contribution in [3.63, 3.8) is 0 Å². The lowest BCUT2D eigenvalue weighted by atomic mass is 10.0. The van der Waals surface area contributed by atoms with Crippen LogP contribution in [0.2, 0.25) is 5.02 Å². The van der Waals surface area contributed by atoms with Crippen LogP contribution in [-0.2, 0) is 0 Å². The van der Waals surface area contributed by atoms with Gasteiger partial charge in [-0.3, -0.25) is 0 Å². The summed E-state index contributed by atoms with van der Waals surface area (Å²) in [5.74, 6) is -0.509. The molecular weight excluding hydrogens is 306 g/mol. The maximum absolute atomic E-state index is 13.6. The highest BCUT2D eigenvalue weighted by Gasteiger charge is 2.15. The van der Waals surface area contributed by atoms with Gasteiger partial charge in [0.05, 0.1) is 0 Å². The van der Waals surface area contributed by atoms with Gasteiger partial charge in [-0.25, -0.2) is 4.39 Å². The number of aliphatic hydroxyl groups is 1. The van der Waals surface area contributed by atoms with Crippen LogP contribution in [0.15, 0.2) is 46.9 Å². The quantitative estimate of drug-likeness (QED) is 0.875. The first kappa shape index (κ1) is 12.6. The van der Waals surface area contributed by atoms with Gasteiger partial charge in [-0.2, -0.15) is 0 Å². The lowest BCUT2D eigenvalue weighted by Gasteiger charge is -2.12. The number of hydrogen-bond donors (Lipinski definition) is 1. The summed E-state index contributed by atoms with van der Waals surface area (Å²) in [6.45, 7) is 0. The Morgan fingerprint density at radius 1 is 1.18 bits per heavy atom. The normalized spacial score (nSPS) is 12.5. The van der Waals surface area contributed by atoms with E-state index in [0.717, 1.165) is 4.47 Å². The summed E-state index contributed by atoms with van der Waals surface area (Å²) in [7, 11) is 0. The van der Waals surface area contributed by atoms with Crippen molar-refractivity contribution in [2.45, 2.75) is 6.10 Å². The van der Waals surface area contributed by atoms with E-state index in [0.29, 0.717) is 10.6 Å². The van der Waals surface area contributed by atoms with Gasteiger partial charge in [0.1, 0.15) is 11.9 Å². The molecule has 2 rings (SSSR count). The summed E-state index contributed by atoms with van der Waals surface area (Å²) in [6, 6.07) is 11.4. The molecule has 1 N–H and O–H groups in total. The van der Waals surface area contributed by atoms with Gasteiger partial charge in [0.2, 0.25) is 0 Å². The minimum atomic E-state index is -0.996. The van der Waals surface area contributed by atoms with Gasteiger partial charge >= 0.3 is 0 Å². The first-order chi connectivity index (χ1) is 8.08. The molecule has 0 saturated heterocycles. The fraction of sp³-hybridized carbons (Fsp3) is 0.0769. The molecule has 0 bridgehead atoms. The fourth-order valence-corrected chi connectivity index (χ4v) is 2.16. The van der Waals surface area contributed by atoms with Gasteiger partial charge < -0.3 is 5.11 Å². The van der Waals surface area contributed by atoms with Gasteiger partial charge in [0, 0.05) is 15.1 Å². The topological polar surface area (TPSA) is 20.2 Å². The Bertz CT molecular complexity index is 545. The number of aliphatic hydroxyl groups excluding tert-OH is 1. The molecule has 0 heterocycles. The molecule has 0 radical (unpaired) electrons. The Hall–Kier alpha value is -0.900. The van der Waals surface area contributed by atoms with Crippen LogP contribution in [0.1, 0.15) is 17.2 Å². The minimum absolute atomic E-state index is 0.215. The predicted molar refractivity (Wildman–Crippen MR) is 69.6 cm³/mol. The van der Waals surface area contributed by atoms with Crippen LogP contribution in [0.25, 0.3) is 0 Å². The summed E-state index contributed by atoms with van der Waals surface area (Å²) in [5, 5.41) is 10.4. The van der Waals surface area contributed by atoms with Crippen molar-refractivity contribution < 1.29 is 9.50 Å². The Morgan fingerprint density at radius 2 is 1.94 bits per heavy atom. The van der Waals surface area contributed by atoms with Gasteiger partial charge in [0.15, 0.2) is 0 Å². The van der Waals surface area contributed by atoms with Crippen molar-refractivity contribution in [2.75, 3.05) is 0 Å². The van der Waals surface area contributed by atoms with Gasteiger partial charge in [-0.05, 0) is 29.8 Å². The van der Waals surface area contributed by atoms with Gasteiger partial charge in [-0.1, -0.05) is 45.7 Å². The lowest BCUT2D eigenvalue weighted by molar-refractivity contribution is 0.215. The van der Waals surface area contributed by atoms with E-state index in [-0.39, 0.29) is 5.56 Å². The summed E-state index contributed by atoms with van der Waals surface area (Å²) >= 11 is 8.97. The zero-order valence-corrected chi connectivity index (χ0v) is 11.0. The van der Waals surface area contributed by atoms with Crippen LogP contribution < -0.4 is 0 Å². The van der Waals surface area contributed by atoms with Crippen molar-refractivity contribution in [1.29, 1.82) is 0 Å². The average molecular weight is 316 g/mol. The lowest BCUT2D eigenvalue weighted by Crippen LogP contribution is -2.02. The third-order valence-corrected chi connectivity index (χ3v) is 3.15. The van der Waals surface area contributed by atoms with Crippen molar-refractivity contribution in [3.05, 3.63) is 68.9 Å². The van der Waals surface area contributed by atoms with Crippen molar-refractivity contribution in [3.8, 4) is 0 Å².